The van der Waals surface area contributed by atoms with E-state index in [1.54, 1.807) is 0 Å². The van der Waals surface area contributed by atoms with Gasteiger partial charge >= 0.3 is 12.1 Å². The first kappa shape index (κ1) is 14.1. The summed E-state index contributed by atoms with van der Waals surface area (Å²) in [5, 5.41) is 11.8. The normalized spacial score (nSPS) is 15.8. The Balaban J connectivity index is 1.79. The molecule has 0 bridgehead atoms. The molecule has 0 radical (unpaired) electrons. The standard InChI is InChI=1S/C15H17NO4/c17-13(18)15(8-4-5-9-15)11-16-14(19)20-10-12-6-2-1-3-7-12/h1-7H,8-11H2,(H,16,19)(H,17,18). The van der Waals surface area contributed by atoms with Crippen molar-refractivity contribution in [3.8, 4) is 0 Å². The van der Waals surface area contributed by atoms with Gasteiger partial charge in [-0.25, -0.2) is 4.79 Å². The summed E-state index contributed by atoms with van der Waals surface area (Å²) < 4.78 is 5.05. The number of carbonyl (C=O) groups excluding carboxylic acids is 1. The highest BCUT2D eigenvalue weighted by atomic mass is 16.5. The third-order valence-corrected chi connectivity index (χ3v) is 3.42. The van der Waals surface area contributed by atoms with Crippen LogP contribution in [0.15, 0.2) is 42.5 Å². The van der Waals surface area contributed by atoms with Crippen molar-refractivity contribution in [2.75, 3.05) is 6.54 Å². The molecule has 1 aliphatic carbocycles. The van der Waals surface area contributed by atoms with Crippen molar-refractivity contribution in [2.45, 2.75) is 19.4 Å². The molecule has 1 aromatic rings. The Kier molecular flexibility index (Phi) is 4.40. The number of hydrogen-bond donors (Lipinski definition) is 2. The molecule has 0 aromatic heterocycles. The van der Waals surface area contributed by atoms with E-state index in [1.165, 1.54) is 0 Å². The average molecular weight is 275 g/mol. The quantitative estimate of drug-likeness (QED) is 0.809. The molecule has 106 valence electrons. The molecule has 0 fully saturated rings. The lowest BCUT2D eigenvalue weighted by molar-refractivity contribution is -0.147. The van der Waals surface area contributed by atoms with E-state index in [1.807, 2.05) is 42.5 Å². The molecule has 5 heteroatoms. The van der Waals surface area contributed by atoms with Gasteiger partial charge in [0, 0.05) is 6.54 Å². The maximum atomic E-state index is 11.6. The van der Waals surface area contributed by atoms with Crippen molar-refractivity contribution < 1.29 is 19.4 Å². The van der Waals surface area contributed by atoms with Crippen LogP contribution in [0.25, 0.3) is 0 Å². The van der Waals surface area contributed by atoms with Gasteiger partial charge in [-0.15, -0.1) is 0 Å². The van der Waals surface area contributed by atoms with Crippen LogP contribution in [0.2, 0.25) is 0 Å². The molecular weight excluding hydrogens is 258 g/mol. The summed E-state index contributed by atoms with van der Waals surface area (Å²) in [5.41, 5.74) is -0.0377. The summed E-state index contributed by atoms with van der Waals surface area (Å²) in [6, 6.07) is 9.31. The Hall–Kier alpha value is -2.30. The molecule has 0 heterocycles. The number of hydrogen-bond acceptors (Lipinski definition) is 3. The summed E-state index contributed by atoms with van der Waals surface area (Å²) in [6.07, 6.45) is 3.92. The van der Waals surface area contributed by atoms with E-state index in [0.29, 0.717) is 12.8 Å². The number of benzene rings is 1. The highest BCUT2D eigenvalue weighted by Gasteiger charge is 2.39. The first-order chi connectivity index (χ1) is 9.62. The average Bonchev–Trinajstić information content (AvgIpc) is 2.94. The first-order valence-electron chi connectivity index (χ1n) is 6.45. The van der Waals surface area contributed by atoms with Crippen LogP contribution in [-0.4, -0.2) is 23.7 Å². The number of carboxylic acids is 1. The van der Waals surface area contributed by atoms with Gasteiger partial charge in [0.25, 0.3) is 0 Å². The second-order valence-electron chi connectivity index (χ2n) is 4.88. The maximum absolute atomic E-state index is 11.6. The number of aliphatic carboxylic acids is 1. The molecule has 20 heavy (non-hydrogen) atoms. The lowest BCUT2D eigenvalue weighted by Crippen LogP contribution is -2.41. The predicted molar refractivity (Wildman–Crippen MR) is 73.1 cm³/mol. The van der Waals surface area contributed by atoms with Gasteiger partial charge in [-0.3, -0.25) is 4.79 Å². The molecule has 0 saturated carbocycles. The predicted octanol–water partition coefficient (Wildman–Crippen LogP) is 2.33. The van der Waals surface area contributed by atoms with Crippen LogP contribution in [0.1, 0.15) is 18.4 Å². The molecule has 1 amide bonds. The van der Waals surface area contributed by atoms with Crippen LogP contribution < -0.4 is 5.32 Å². The molecule has 0 spiro atoms. The molecule has 0 atom stereocenters. The van der Waals surface area contributed by atoms with Gasteiger partial charge in [0.1, 0.15) is 6.61 Å². The molecule has 2 N–H and O–H groups in total. The zero-order chi connectivity index (χ0) is 14.4. The van der Waals surface area contributed by atoms with Crippen LogP contribution in [0, 0.1) is 5.41 Å². The van der Waals surface area contributed by atoms with Crippen molar-refractivity contribution in [2.24, 2.45) is 5.41 Å². The highest BCUT2D eigenvalue weighted by molar-refractivity contribution is 5.77. The molecule has 1 aromatic carbocycles. The Bertz CT molecular complexity index is 502. The number of ether oxygens (including phenoxy) is 1. The lowest BCUT2D eigenvalue weighted by atomic mass is 9.85. The fourth-order valence-electron chi connectivity index (χ4n) is 2.11. The van der Waals surface area contributed by atoms with Crippen molar-refractivity contribution >= 4 is 12.1 Å². The minimum absolute atomic E-state index is 0.0724. The summed E-state index contributed by atoms with van der Waals surface area (Å²) in [7, 11) is 0. The number of carbonyl (C=O) groups is 2. The number of nitrogens with one attached hydrogen (secondary N) is 1. The smallest absolute Gasteiger partial charge is 0.407 e. The van der Waals surface area contributed by atoms with E-state index in [0.717, 1.165) is 5.56 Å². The number of rotatable bonds is 5. The Morgan fingerprint density at radius 1 is 1.20 bits per heavy atom. The van der Waals surface area contributed by atoms with Crippen molar-refractivity contribution in [1.29, 1.82) is 0 Å². The van der Waals surface area contributed by atoms with E-state index >= 15 is 0 Å². The van der Waals surface area contributed by atoms with Gasteiger partial charge < -0.3 is 15.2 Å². The summed E-state index contributed by atoms with van der Waals surface area (Å²) >= 11 is 0. The van der Waals surface area contributed by atoms with E-state index in [9.17, 15) is 14.7 Å². The molecule has 2 rings (SSSR count). The first-order valence-corrected chi connectivity index (χ1v) is 6.45. The molecule has 0 aliphatic heterocycles. The Labute approximate surface area is 117 Å². The fraction of sp³-hybridized carbons (Fsp3) is 0.333. The molecule has 5 nitrogen and oxygen atoms in total. The number of allylic oxidation sites excluding steroid dienone is 2. The van der Waals surface area contributed by atoms with Gasteiger partial charge in [0.15, 0.2) is 0 Å². The van der Waals surface area contributed by atoms with Crippen molar-refractivity contribution in [3.63, 3.8) is 0 Å². The number of carboxylic acid groups (broad SMARTS) is 1. The summed E-state index contributed by atoms with van der Waals surface area (Å²) in [6.45, 7) is 0.244. The SMILES string of the molecule is O=C(NCC1(C(=O)O)CC=CC1)OCc1ccccc1. The minimum atomic E-state index is -0.925. The van der Waals surface area contributed by atoms with E-state index in [-0.39, 0.29) is 13.2 Å². The van der Waals surface area contributed by atoms with Gasteiger partial charge in [-0.05, 0) is 18.4 Å². The Morgan fingerprint density at radius 2 is 1.85 bits per heavy atom. The van der Waals surface area contributed by atoms with Gasteiger partial charge in [0.2, 0.25) is 0 Å². The highest BCUT2D eigenvalue weighted by Crippen LogP contribution is 2.32. The summed E-state index contributed by atoms with van der Waals surface area (Å²) in [4.78, 5) is 22.9. The van der Waals surface area contributed by atoms with Crippen LogP contribution in [0.4, 0.5) is 4.79 Å². The second kappa shape index (κ2) is 6.23. The largest absolute Gasteiger partial charge is 0.481 e. The molecular formula is C15H17NO4. The van der Waals surface area contributed by atoms with Gasteiger partial charge in [-0.1, -0.05) is 42.5 Å². The van der Waals surface area contributed by atoms with Crippen LogP contribution in [0.3, 0.4) is 0 Å². The van der Waals surface area contributed by atoms with E-state index < -0.39 is 17.5 Å². The second-order valence-corrected chi connectivity index (χ2v) is 4.88. The third kappa shape index (κ3) is 3.38. The molecule has 0 saturated heterocycles. The zero-order valence-corrected chi connectivity index (χ0v) is 11.0. The van der Waals surface area contributed by atoms with E-state index in [2.05, 4.69) is 5.32 Å². The monoisotopic (exact) mass is 275 g/mol. The van der Waals surface area contributed by atoms with Crippen LogP contribution in [0.5, 0.6) is 0 Å². The number of alkyl carbamates (subject to hydrolysis) is 1. The van der Waals surface area contributed by atoms with Crippen LogP contribution in [-0.2, 0) is 16.1 Å². The molecule has 0 unspecified atom stereocenters. The fourth-order valence-corrected chi connectivity index (χ4v) is 2.11. The third-order valence-electron chi connectivity index (χ3n) is 3.42. The topological polar surface area (TPSA) is 75.6 Å². The van der Waals surface area contributed by atoms with Crippen molar-refractivity contribution in [1.82, 2.24) is 5.32 Å². The van der Waals surface area contributed by atoms with Crippen molar-refractivity contribution in [3.05, 3.63) is 48.0 Å². The maximum Gasteiger partial charge on any atom is 0.407 e. The lowest BCUT2D eigenvalue weighted by Gasteiger charge is -2.23. The van der Waals surface area contributed by atoms with Crippen LogP contribution >= 0.6 is 0 Å². The minimum Gasteiger partial charge on any atom is -0.481 e. The molecule has 1 aliphatic rings. The van der Waals surface area contributed by atoms with E-state index in [4.69, 9.17) is 4.74 Å². The Morgan fingerprint density at radius 3 is 2.45 bits per heavy atom. The van der Waals surface area contributed by atoms with Gasteiger partial charge in [-0.2, -0.15) is 0 Å². The number of amides is 1. The van der Waals surface area contributed by atoms with Gasteiger partial charge in [0.05, 0.1) is 5.41 Å². The summed E-state index contributed by atoms with van der Waals surface area (Å²) in [5.74, 6) is -0.897. The zero-order valence-electron chi connectivity index (χ0n) is 11.0.